The van der Waals surface area contributed by atoms with Crippen molar-refractivity contribution in [3.63, 3.8) is 0 Å². The molecule has 1 heterocycles. The number of nitrogens with zero attached hydrogens (tertiary/aromatic N) is 1. The maximum atomic E-state index is 11.9. The van der Waals surface area contributed by atoms with E-state index in [4.69, 9.17) is 10.5 Å². The first kappa shape index (κ1) is 28.1. The number of pyridine rings is 1. The van der Waals surface area contributed by atoms with Gasteiger partial charge in [-0.25, -0.2) is 0 Å². The zero-order valence-electron chi connectivity index (χ0n) is 20.5. The second kappa shape index (κ2) is 19.8. The molecule has 0 spiro atoms. The van der Waals surface area contributed by atoms with Crippen LogP contribution in [0.3, 0.4) is 0 Å². The minimum atomic E-state index is -0.382. The molecule has 0 aromatic carbocycles. The van der Waals surface area contributed by atoms with Gasteiger partial charge in [0, 0.05) is 18.6 Å². The first-order valence-corrected chi connectivity index (χ1v) is 13.0. The Morgan fingerprint density at radius 3 is 1.88 bits per heavy atom. The second-order valence-corrected chi connectivity index (χ2v) is 8.96. The fourth-order valence-corrected chi connectivity index (χ4v) is 4.04. The summed E-state index contributed by atoms with van der Waals surface area (Å²) < 4.78 is 7.15. The van der Waals surface area contributed by atoms with E-state index in [2.05, 4.69) is 6.92 Å². The minimum Gasteiger partial charge on any atom is -0.465 e. The molecule has 1 aromatic rings. The first-order valence-electron chi connectivity index (χ1n) is 13.0. The largest absolute Gasteiger partial charge is 0.465 e. The molecule has 2 N–H and O–H groups in total. The van der Waals surface area contributed by atoms with Gasteiger partial charge in [0.2, 0.25) is 6.54 Å². The molecule has 5 nitrogen and oxygen atoms in total. The molecule has 1 amide bonds. The lowest BCUT2D eigenvalue weighted by molar-refractivity contribution is -0.691. The molecule has 0 atom stereocenters. The Balaban J connectivity index is 1.91. The predicted molar refractivity (Wildman–Crippen MR) is 130 cm³/mol. The third kappa shape index (κ3) is 15.8. The molecule has 32 heavy (non-hydrogen) atoms. The van der Waals surface area contributed by atoms with Crippen molar-refractivity contribution in [1.82, 2.24) is 0 Å². The number of amides is 1. The maximum absolute atomic E-state index is 11.9. The molecule has 0 saturated carbocycles. The van der Waals surface area contributed by atoms with Gasteiger partial charge in [-0.3, -0.25) is 9.59 Å². The third-order valence-corrected chi connectivity index (χ3v) is 5.97. The van der Waals surface area contributed by atoms with Crippen LogP contribution < -0.4 is 10.3 Å². The van der Waals surface area contributed by atoms with Crippen molar-refractivity contribution in [3.8, 4) is 0 Å². The summed E-state index contributed by atoms with van der Waals surface area (Å²) in [5.74, 6) is -0.510. The standard InChI is InChI=1S/C27H46N2O3/c1-2-3-4-5-6-7-8-9-10-11-12-13-14-15-16-20-27(31)32-23-21-25-19-17-18-22-29(25)24-26(28)30/h17-19,22H,2-16,20-21,23-24H2,1H3,(H-,28,30)/p+1. The Labute approximate surface area is 196 Å². The fourth-order valence-electron chi connectivity index (χ4n) is 4.04. The molecule has 0 fully saturated rings. The summed E-state index contributed by atoms with van der Waals surface area (Å²) in [6, 6.07) is 5.69. The number of rotatable bonds is 21. The molecule has 0 aliphatic rings. The van der Waals surface area contributed by atoms with E-state index in [9.17, 15) is 9.59 Å². The lowest BCUT2D eigenvalue weighted by Crippen LogP contribution is -2.44. The SMILES string of the molecule is CCCCCCCCCCCCCCCCCC(=O)OCCc1cccc[n+]1CC(N)=O. The Bertz CT molecular complexity index is 619. The number of hydrogen-bond donors (Lipinski definition) is 1. The van der Waals surface area contributed by atoms with Crippen molar-refractivity contribution in [2.75, 3.05) is 6.61 Å². The molecule has 1 rings (SSSR count). The summed E-state index contributed by atoms with van der Waals surface area (Å²) in [6.07, 6.45) is 22.6. The molecule has 0 unspecified atom stereocenters. The summed E-state index contributed by atoms with van der Waals surface area (Å²) in [5.41, 5.74) is 6.21. The molecule has 0 bridgehead atoms. The Morgan fingerprint density at radius 1 is 0.812 bits per heavy atom. The van der Waals surface area contributed by atoms with Crippen LogP contribution in [0.25, 0.3) is 0 Å². The Morgan fingerprint density at radius 2 is 1.34 bits per heavy atom. The van der Waals surface area contributed by atoms with Gasteiger partial charge in [-0.2, -0.15) is 4.57 Å². The number of nitrogens with two attached hydrogens (primary N) is 1. The van der Waals surface area contributed by atoms with Crippen LogP contribution >= 0.6 is 0 Å². The minimum absolute atomic E-state index is 0.128. The molecular formula is C27H47N2O3+. The van der Waals surface area contributed by atoms with Gasteiger partial charge in [0.05, 0.1) is 6.42 Å². The number of aromatic nitrogens is 1. The van der Waals surface area contributed by atoms with E-state index in [1.165, 1.54) is 83.5 Å². The number of esters is 1. The third-order valence-electron chi connectivity index (χ3n) is 5.97. The van der Waals surface area contributed by atoms with E-state index in [1.54, 1.807) is 4.57 Å². The van der Waals surface area contributed by atoms with Gasteiger partial charge >= 0.3 is 5.97 Å². The molecule has 1 aromatic heterocycles. The van der Waals surface area contributed by atoms with Gasteiger partial charge in [0.25, 0.3) is 5.91 Å². The summed E-state index contributed by atoms with van der Waals surface area (Å²) in [5, 5.41) is 0. The van der Waals surface area contributed by atoms with Crippen LogP contribution in [-0.2, 0) is 27.3 Å². The van der Waals surface area contributed by atoms with E-state index in [0.29, 0.717) is 19.4 Å². The van der Waals surface area contributed by atoms with Crippen molar-refractivity contribution in [2.45, 2.75) is 123 Å². The monoisotopic (exact) mass is 447 g/mol. The quantitative estimate of drug-likeness (QED) is 0.147. The van der Waals surface area contributed by atoms with E-state index in [-0.39, 0.29) is 18.4 Å². The Hall–Kier alpha value is -1.91. The average molecular weight is 448 g/mol. The van der Waals surface area contributed by atoms with Crippen molar-refractivity contribution < 1.29 is 18.9 Å². The molecule has 182 valence electrons. The zero-order valence-corrected chi connectivity index (χ0v) is 20.5. The molecule has 0 aliphatic heterocycles. The van der Waals surface area contributed by atoms with Crippen molar-refractivity contribution in [2.24, 2.45) is 5.73 Å². The molecule has 0 aliphatic carbocycles. The number of ether oxygens (including phenoxy) is 1. The molecule has 5 heteroatoms. The maximum Gasteiger partial charge on any atom is 0.305 e. The number of carbonyl (C=O) groups is 2. The predicted octanol–water partition coefficient (Wildman–Crippen LogP) is 5.81. The van der Waals surface area contributed by atoms with Crippen LogP contribution in [0.1, 0.15) is 115 Å². The van der Waals surface area contributed by atoms with Gasteiger partial charge in [0.15, 0.2) is 11.9 Å². The van der Waals surface area contributed by atoms with Crippen LogP contribution in [0.2, 0.25) is 0 Å². The van der Waals surface area contributed by atoms with Crippen molar-refractivity contribution in [1.29, 1.82) is 0 Å². The van der Waals surface area contributed by atoms with Gasteiger partial charge in [-0.05, 0) is 6.42 Å². The summed E-state index contributed by atoms with van der Waals surface area (Å²) in [4.78, 5) is 23.1. The average Bonchev–Trinajstić information content (AvgIpc) is 2.77. The van der Waals surface area contributed by atoms with Crippen LogP contribution in [-0.4, -0.2) is 18.5 Å². The second-order valence-electron chi connectivity index (χ2n) is 8.96. The highest BCUT2D eigenvalue weighted by Gasteiger charge is 2.13. The van der Waals surface area contributed by atoms with Gasteiger partial charge in [-0.1, -0.05) is 103 Å². The molecular weight excluding hydrogens is 400 g/mol. The normalized spacial score (nSPS) is 10.9. The topological polar surface area (TPSA) is 73.3 Å². The zero-order chi connectivity index (χ0) is 23.3. The van der Waals surface area contributed by atoms with Crippen LogP contribution in [0.15, 0.2) is 24.4 Å². The number of unbranched alkanes of at least 4 members (excludes halogenated alkanes) is 14. The van der Waals surface area contributed by atoms with E-state index >= 15 is 0 Å². The summed E-state index contributed by atoms with van der Waals surface area (Å²) in [7, 11) is 0. The summed E-state index contributed by atoms with van der Waals surface area (Å²) >= 11 is 0. The van der Waals surface area contributed by atoms with E-state index < -0.39 is 0 Å². The van der Waals surface area contributed by atoms with Crippen molar-refractivity contribution in [3.05, 3.63) is 30.1 Å². The van der Waals surface area contributed by atoms with Crippen LogP contribution in [0, 0.1) is 0 Å². The molecule has 0 saturated heterocycles. The lowest BCUT2D eigenvalue weighted by Gasteiger charge is -2.06. The summed E-state index contributed by atoms with van der Waals surface area (Å²) in [6.45, 7) is 2.75. The Kier molecular flexibility index (Phi) is 17.4. The number of hydrogen-bond acceptors (Lipinski definition) is 3. The lowest BCUT2D eigenvalue weighted by atomic mass is 10.0. The van der Waals surface area contributed by atoms with Gasteiger partial charge < -0.3 is 10.5 Å². The van der Waals surface area contributed by atoms with Gasteiger partial charge in [0.1, 0.15) is 6.61 Å². The van der Waals surface area contributed by atoms with Crippen LogP contribution in [0.4, 0.5) is 0 Å². The number of primary amides is 1. The molecule has 0 radical (unpaired) electrons. The van der Waals surface area contributed by atoms with E-state index in [1.807, 2.05) is 24.4 Å². The highest BCUT2D eigenvalue weighted by molar-refractivity contribution is 5.72. The van der Waals surface area contributed by atoms with Crippen LogP contribution in [0.5, 0.6) is 0 Å². The smallest absolute Gasteiger partial charge is 0.305 e. The number of carbonyl (C=O) groups excluding carboxylic acids is 2. The highest BCUT2D eigenvalue weighted by atomic mass is 16.5. The van der Waals surface area contributed by atoms with E-state index in [0.717, 1.165) is 18.5 Å². The highest BCUT2D eigenvalue weighted by Crippen LogP contribution is 2.13. The van der Waals surface area contributed by atoms with Gasteiger partial charge in [-0.15, -0.1) is 0 Å². The fraction of sp³-hybridized carbons (Fsp3) is 0.741. The van der Waals surface area contributed by atoms with Crippen molar-refractivity contribution >= 4 is 11.9 Å². The first-order chi connectivity index (χ1) is 15.6.